The summed E-state index contributed by atoms with van der Waals surface area (Å²) in [5.41, 5.74) is 1.16. The highest BCUT2D eigenvalue weighted by Crippen LogP contribution is 2.21. The highest BCUT2D eigenvalue weighted by Gasteiger charge is 2.18. The first kappa shape index (κ1) is 14.2. The molecule has 1 amide bonds. The number of carbonyl (C=O) groups is 1. The Kier molecular flexibility index (Phi) is 5.15. The van der Waals surface area contributed by atoms with Crippen LogP contribution in [0.2, 0.25) is 0 Å². The van der Waals surface area contributed by atoms with Gasteiger partial charge in [0.2, 0.25) is 0 Å². The van der Waals surface area contributed by atoms with Crippen molar-refractivity contribution in [2.24, 2.45) is 5.92 Å². The van der Waals surface area contributed by atoms with Gasteiger partial charge in [0.15, 0.2) is 0 Å². The third-order valence-electron chi connectivity index (χ3n) is 2.95. The fourth-order valence-electron chi connectivity index (χ4n) is 1.64. The van der Waals surface area contributed by atoms with Crippen molar-refractivity contribution >= 4 is 17.2 Å². The predicted molar refractivity (Wildman–Crippen MR) is 71.6 cm³/mol. The molecule has 1 unspecified atom stereocenters. The van der Waals surface area contributed by atoms with Crippen molar-refractivity contribution in [1.82, 2.24) is 5.32 Å². The summed E-state index contributed by atoms with van der Waals surface area (Å²) in [5.74, 6) is 0.298. The lowest BCUT2D eigenvalue weighted by Gasteiger charge is -2.21. The fraction of sp³-hybridized carbons (Fsp3) is 0.615. The van der Waals surface area contributed by atoms with Gasteiger partial charge in [-0.25, -0.2) is 0 Å². The standard InChI is InChI=1S/C13H21NO2S/c1-8(2)11(5-6-15)14-13(16)12-7-9(3)10(4)17-12/h7-8,11,15H,5-6H2,1-4H3,(H,14,16). The number of carbonyl (C=O) groups excluding carboxylic acids is 1. The Morgan fingerprint density at radius 1 is 1.47 bits per heavy atom. The highest BCUT2D eigenvalue weighted by molar-refractivity contribution is 7.14. The molecule has 1 atom stereocenters. The molecule has 0 radical (unpaired) electrons. The fourth-order valence-corrected chi connectivity index (χ4v) is 2.57. The molecule has 17 heavy (non-hydrogen) atoms. The minimum atomic E-state index is -0.0293. The lowest BCUT2D eigenvalue weighted by molar-refractivity contribution is 0.0920. The molecule has 1 rings (SSSR count). The highest BCUT2D eigenvalue weighted by atomic mass is 32.1. The maximum atomic E-state index is 12.0. The van der Waals surface area contributed by atoms with Crippen molar-refractivity contribution in [3.8, 4) is 0 Å². The van der Waals surface area contributed by atoms with Gasteiger partial charge in [0, 0.05) is 17.5 Å². The Morgan fingerprint density at radius 2 is 2.12 bits per heavy atom. The molecule has 0 aliphatic heterocycles. The smallest absolute Gasteiger partial charge is 0.261 e. The van der Waals surface area contributed by atoms with Crippen molar-refractivity contribution < 1.29 is 9.90 Å². The normalized spacial score (nSPS) is 12.8. The zero-order valence-electron chi connectivity index (χ0n) is 10.9. The van der Waals surface area contributed by atoms with E-state index in [-0.39, 0.29) is 18.6 Å². The van der Waals surface area contributed by atoms with Crippen LogP contribution in [0.5, 0.6) is 0 Å². The van der Waals surface area contributed by atoms with Gasteiger partial charge in [-0.2, -0.15) is 0 Å². The van der Waals surface area contributed by atoms with Crippen LogP contribution in [0, 0.1) is 19.8 Å². The van der Waals surface area contributed by atoms with E-state index in [0.29, 0.717) is 12.3 Å². The second-order valence-corrected chi connectivity index (χ2v) is 5.94. The summed E-state index contributed by atoms with van der Waals surface area (Å²) in [7, 11) is 0. The number of amides is 1. The van der Waals surface area contributed by atoms with E-state index in [9.17, 15) is 4.79 Å². The summed E-state index contributed by atoms with van der Waals surface area (Å²) in [6.45, 7) is 8.23. The van der Waals surface area contributed by atoms with E-state index in [2.05, 4.69) is 5.32 Å². The Morgan fingerprint density at radius 3 is 2.53 bits per heavy atom. The van der Waals surface area contributed by atoms with Crippen LogP contribution < -0.4 is 5.32 Å². The topological polar surface area (TPSA) is 49.3 Å². The minimum absolute atomic E-state index is 0.0293. The van der Waals surface area contributed by atoms with E-state index < -0.39 is 0 Å². The van der Waals surface area contributed by atoms with Gasteiger partial charge in [0.05, 0.1) is 4.88 Å². The van der Waals surface area contributed by atoms with E-state index in [1.807, 2.05) is 33.8 Å². The molecule has 0 saturated heterocycles. The van der Waals surface area contributed by atoms with Crippen LogP contribution in [0.3, 0.4) is 0 Å². The quantitative estimate of drug-likeness (QED) is 0.849. The van der Waals surface area contributed by atoms with E-state index in [1.54, 1.807) is 0 Å². The maximum Gasteiger partial charge on any atom is 0.261 e. The number of aliphatic hydroxyl groups excluding tert-OH is 1. The summed E-state index contributed by atoms with van der Waals surface area (Å²) < 4.78 is 0. The molecule has 0 saturated carbocycles. The lowest BCUT2D eigenvalue weighted by Crippen LogP contribution is -2.38. The van der Waals surface area contributed by atoms with Crippen LogP contribution >= 0.6 is 11.3 Å². The maximum absolute atomic E-state index is 12.0. The first-order valence-electron chi connectivity index (χ1n) is 5.94. The summed E-state index contributed by atoms with van der Waals surface area (Å²) in [4.78, 5) is 13.9. The molecule has 0 spiro atoms. The van der Waals surface area contributed by atoms with Gasteiger partial charge in [0.25, 0.3) is 5.91 Å². The monoisotopic (exact) mass is 255 g/mol. The Labute approximate surface area is 107 Å². The first-order chi connectivity index (χ1) is 7.95. The van der Waals surface area contributed by atoms with Crippen LogP contribution in [-0.2, 0) is 0 Å². The van der Waals surface area contributed by atoms with Crippen LogP contribution in [0.1, 0.15) is 40.4 Å². The van der Waals surface area contributed by atoms with E-state index in [0.717, 1.165) is 10.4 Å². The molecule has 1 aromatic rings. The molecule has 0 bridgehead atoms. The second kappa shape index (κ2) is 6.17. The van der Waals surface area contributed by atoms with Gasteiger partial charge in [-0.1, -0.05) is 13.8 Å². The van der Waals surface area contributed by atoms with Crippen LogP contribution in [0.15, 0.2) is 6.07 Å². The average Bonchev–Trinajstić information content (AvgIpc) is 2.58. The van der Waals surface area contributed by atoms with Crippen LogP contribution in [0.4, 0.5) is 0 Å². The van der Waals surface area contributed by atoms with Crippen LogP contribution in [0.25, 0.3) is 0 Å². The zero-order chi connectivity index (χ0) is 13.0. The SMILES string of the molecule is Cc1cc(C(=O)NC(CCO)C(C)C)sc1C. The molecule has 3 nitrogen and oxygen atoms in total. The predicted octanol–water partition coefficient (Wildman–Crippen LogP) is 2.50. The lowest BCUT2D eigenvalue weighted by atomic mass is 10.0. The number of rotatable bonds is 5. The zero-order valence-corrected chi connectivity index (χ0v) is 11.7. The third-order valence-corrected chi connectivity index (χ3v) is 4.10. The molecule has 0 aromatic carbocycles. The summed E-state index contributed by atoms with van der Waals surface area (Å²) >= 11 is 1.52. The van der Waals surface area contributed by atoms with Crippen molar-refractivity contribution in [2.45, 2.75) is 40.2 Å². The number of thiophene rings is 1. The summed E-state index contributed by atoms with van der Waals surface area (Å²) in [6.07, 6.45) is 0.604. The molecule has 96 valence electrons. The van der Waals surface area contributed by atoms with E-state index in [1.165, 1.54) is 16.2 Å². The van der Waals surface area contributed by atoms with Gasteiger partial charge in [-0.05, 0) is 37.8 Å². The van der Waals surface area contributed by atoms with Gasteiger partial charge in [0.1, 0.15) is 0 Å². The van der Waals surface area contributed by atoms with E-state index in [4.69, 9.17) is 5.11 Å². The Hall–Kier alpha value is -0.870. The molecule has 0 aliphatic carbocycles. The third kappa shape index (κ3) is 3.82. The van der Waals surface area contributed by atoms with Crippen molar-refractivity contribution in [3.05, 3.63) is 21.4 Å². The molecule has 1 heterocycles. The van der Waals surface area contributed by atoms with Crippen molar-refractivity contribution in [3.63, 3.8) is 0 Å². The number of aryl methyl sites for hydroxylation is 2. The Balaban J connectivity index is 2.70. The second-order valence-electron chi connectivity index (χ2n) is 4.69. The molecule has 2 N–H and O–H groups in total. The van der Waals surface area contributed by atoms with Crippen molar-refractivity contribution in [2.75, 3.05) is 6.61 Å². The first-order valence-corrected chi connectivity index (χ1v) is 6.76. The van der Waals surface area contributed by atoms with Crippen molar-refractivity contribution in [1.29, 1.82) is 0 Å². The summed E-state index contributed by atoms with van der Waals surface area (Å²) in [6, 6.07) is 1.96. The molecular weight excluding hydrogens is 234 g/mol. The van der Waals surface area contributed by atoms with Gasteiger partial charge < -0.3 is 10.4 Å². The number of aliphatic hydroxyl groups is 1. The molecule has 1 aromatic heterocycles. The van der Waals surface area contributed by atoms with Gasteiger partial charge in [-0.15, -0.1) is 11.3 Å². The molecule has 0 fully saturated rings. The molecule has 0 aliphatic rings. The summed E-state index contributed by atoms with van der Waals surface area (Å²) in [5, 5.41) is 12.0. The van der Waals surface area contributed by atoms with Crippen LogP contribution in [-0.4, -0.2) is 23.7 Å². The largest absolute Gasteiger partial charge is 0.396 e. The number of nitrogens with one attached hydrogen (secondary N) is 1. The van der Waals surface area contributed by atoms with Gasteiger partial charge in [-0.3, -0.25) is 4.79 Å². The van der Waals surface area contributed by atoms with Gasteiger partial charge >= 0.3 is 0 Å². The molecular formula is C13H21NO2S. The van der Waals surface area contributed by atoms with E-state index >= 15 is 0 Å². The molecule has 4 heteroatoms. The number of hydrogen-bond donors (Lipinski definition) is 2. The average molecular weight is 255 g/mol. The number of hydrogen-bond acceptors (Lipinski definition) is 3. The minimum Gasteiger partial charge on any atom is -0.396 e. The Bertz CT molecular complexity index is 365.